The SMILES string of the molecule is CCC(CC)C(=O)NCCN(C(C)=O)c1ccc2c(c1)OCO2. The van der Waals surface area contributed by atoms with E-state index in [1.165, 1.54) is 6.92 Å². The summed E-state index contributed by atoms with van der Waals surface area (Å²) < 4.78 is 10.6. The van der Waals surface area contributed by atoms with Gasteiger partial charge >= 0.3 is 0 Å². The second-order valence-electron chi connectivity index (χ2n) is 5.51. The summed E-state index contributed by atoms with van der Waals surface area (Å²) in [6, 6.07) is 5.39. The Balaban J connectivity index is 1.97. The highest BCUT2D eigenvalue weighted by Gasteiger charge is 2.19. The zero-order valence-corrected chi connectivity index (χ0v) is 13.9. The van der Waals surface area contributed by atoms with Crippen LogP contribution in [-0.2, 0) is 9.59 Å². The van der Waals surface area contributed by atoms with Gasteiger partial charge in [-0.3, -0.25) is 9.59 Å². The Hall–Kier alpha value is -2.24. The Kier molecular flexibility index (Phi) is 5.84. The van der Waals surface area contributed by atoms with Gasteiger partial charge in [0, 0.05) is 37.7 Å². The Bertz CT molecular complexity index is 570. The lowest BCUT2D eigenvalue weighted by Crippen LogP contribution is -2.39. The highest BCUT2D eigenvalue weighted by molar-refractivity contribution is 5.92. The molecule has 0 spiro atoms. The molecule has 0 aliphatic carbocycles. The number of ether oxygens (including phenoxy) is 2. The first-order valence-corrected chi connectivity index (χ1v) is 8.02. The van der Waals surface area contributed by atoms with Crippen LogP contribution < -0.4 is 19.7 Å². The van der Waals surface area contributed by atoms with Gasteiger partial charge in [0.2, 0.25) is 18.6 Å². The second-order valence-corrected chi connectivity index (χ2v) is 5.51. The normalized spacial score (nSPS) is 12.3. The van der Waals surface area contributed by atoms with Gasteiger partial charge in [-0.25, -0.2) is 0 Å². The van der Waals surface area contributed by atoms with Gasteiger partial charge in [-0.15, -0.1) is 0 Å². The molecule has 2 rings (SSSR count). The van der Waals surface area contributed by atoms with Gasteiger partial charge in [0.15, 0.2) is 11.5 Å². The van der Waals surface area contributed by atoms with E-state index in [1.54, 1.807) is 17.0 Å². The van der Waals surface area contributed by atoms with Gasteiger partial charge in [0.05, 0.1) is 0 Å². The summed E-state index contributed by atoms with van der Waals surface area (Å²) in [4.78, 5) is 25.5. The monoisotopic (exact) mass is 320 g/mol. The van der Waals surface area contributed by atoms with Crippen molar-refractivity contribution in [3.63, 3.8) is 0 Å². The largest absolute Gasteiger partial charge is 0.454 e. The highest BCUT2D eigenvalue weighted by atomic mass is 16.7. The molecule has 6 heteroatoms. The van der Waals surface area contributed by atoms with Crippen LogP contribution in [0.25, 0.3) is 0 Å². The van der Waals surface area contributed by atoms with Crippen LogP contribution in [0.3, 0.4) is 0 Å². The molecule has 126 valence electrons. The molecule has 0 fully saturated rings. The van der Waals surface area contributed by atoms with Gasteiger partial charge in [-0.2, -0.15) is 0 Å². The Labute approximate surface area is 136 Å². The molecule has 0 unspecified atom stereocenters. The molecule has 6 nitrogen and oxygen atoms in total. The lowest BCUT2D eigenvalue weighted by molar-refractivity contribution is -0.125. The number of carbonyl (C=O) groups excluding carboxylic acids is 2. The fourth-order valence-corrected chi connectivity index (χ4v) is 2.62. The van der Waals surface area contributed by atoms with Gasteiger partial charge in [0.25, 0.3) is 0 Å². The van der Waals surface area contributed by atoms with Crippen molar-refractivity contribution in [2.45, 2.75) is 33.6 Å². The van der Waals surface area contributed by atoms with E-state index in [1.807, 2.05) is 19.9 Å². The number of nitrogens with zero attached hydrogens (tertiary/aromatic N) is 1. The van der Waals surface area contributed by atoms with E-state index in [0.717, 1.165) is 18.5 Å². The minimum atomic E-state index is -0.0827. The molecule has 23 heavy (non-hydrogen) atoms. The summed E-state index contributed by atoms with van der Waals surface area (Å²) in [5.74, 6) is 1.31. The van der Waals surface area contributed by atoms with E-state index in [-0.39, 0.29) is 24.5 Å². The molecule has 1 N–H and O–H groups in total. The Morgan fingerprint density at radius 2 is 1.91 bits per heavy atom. The number of hydrogen-bond donors (Lipinski definition) is 1. The van der Waals surface area contributed by atoms with Crippen molar-refractivity contribution in [1.29, 1.82) is 0 Å². The van der Waals surface area contributed by atoms with Crippen molar-refractivity contribution in [3.05, 3.63) is 18.2 Å². The Morgan fingerprint density at radius 1 is 1.22 bits per heavy atom. The summed E-state index contributed by atoms with van der Waals surface area (Å²) in [5, 5.41) is 2.90. The molecule has 1 aliphatic heterocycles. The first-order chi connectivity index (χ1) is 11.1. The van der Waals surface area contributed by atoms with Crippen LogP contribution in [0.5, 0.6) is 11.5 Å². The first-order valence-electron chi connectivity index (χ1n) is 8.02. The van der Waals surface area contributed by atoms with Crippen molar-refractivity contribution >= 4 is 17.5 Å². The average molecular weight is 320 g/mol. The summed E-state index contributed by atoms with van der Waals surface area (Å²) in [5.41, 5.74) is 0.735. The smallest absolute Gasteiger partial charge is 0.231 e. The molecule has 0 bridgehead atoms. The predicted molar refractivity (Wildman–Crippen MR) is 87.7 cm³/mol. The third kappa shape index (κ3) is 4.15. The number of rotatable bonds is 7. The van der Waals surface area contributed by atoms with Crippen molar-refractivity contribution in [2.75, 3.05) is 24.8 Å². The molecule has 2 amide bonds. The number of amides is 2. The van der Waals surface area contributed by atoms with E-state index >= 15 is 0 Å². The van der Waals surface area contributed by atoms with Gasteiger partial charge in [-0.05, 0) is 25.0 Å². The van der Waals surface area contributed by atoms with Crippen molar-refractivity contribution in [1.82, 2.24) is 5.32 Å². The van der Waals surface area contributed by atoms with Crippen LogP contribution in [0.4, 0.5) is 5.69 Å². The number of carbonyl (C=O) groups is 2. The molecule has 1 aromatic rings. The predicted octanol–water partition coefficient (Wildman–Crippen LogP) is 2.32. The number of anilines is 1. The van der Waals surface area contributed by atoms with E-state index in [2.05, 4.69) is 5.32 Å². The maximum Gasteiger partial charge on any atom is 0.231 e. The van der Waals surface area contributed by atoms with E-state index < -0.39 is 0 Å². The van der Waals surface area contributed by atoms with Gasteiger partial charge in [-0.1, -0.05) is 13.8 Å². The van der Waals surface area contributed by atoms with Crippen LogP contribution in [0.1, 0.15) is 33.6 Å². The van der Waals surface area contributed by atoms with Crippen LogP contribution >= 0.6 is 0 Å². The molecule has 0 aromatic heterocycles. The van der Waals surface area contributed by atoms with Crippen molar-refractivity contribution in [3.8, 4) is 11.5 Å². The van der Waals surface area contributed by atoms with Gasteiger partial charge < -0.3 is 19.7 Å². The third-order valence-electron chi connectivity index (χ3n) is 4.04. The quantitative estimate of drug-likeness (QED) is 0.837. The lowest BCUT2D eigenvalue weighted by atomic mass is 10.0. The third-order valence-corrected chi connectivity index (χ3v) is 4.04. The molecule has 1 heterocycles. The Morgan fingerprint density at radius 3 is 2.57 bits per heavy atom. The topological polar surface area (TPSA) is 67.9 Å². The number of fused-ring (bicyclic) bond motifs is 1. The van der Waals surface area contributed by atoms with Gasteiger partial charge in [0.1, 0.15) is 0 Å². The fourth-order valence-electron chi connectivity index (χ4n) is 2.62. The zero-order chi connectivity index (χ0) is 16.8. The summed E-state index contributed by atoms with van der Waals surface area (Å²) in [6.07, 6.45) is 1.64. The standard InChI is InChI=1S/C17H24N2O4/c1-4-13(5-2)17(21)18-8-9-19(12(3)20)14-6-7-15-16(10-14)23-11-22-15/h6-7,10,13H,4-5,8-9,11H2,1-3H3,(H,18,21). The summed E-state index contributed by atoms with van der Waals surface area (Å²) >= 11 is 0. The molecular weight excluding hydrogens is 296 g/mol. The molecular formula is C17H24N2O4. The number of hydrogen-bond acceptors (Lipinski definition) is 4. The molecule has 1 aliphatic rings. The number of nitrogens with one attached hydrogen (secondary N) is 1. The molecule has 0 radical (unpaired) electrons. The molecule has 0 saturated heterocycles. The summed E-state index contributed by atoms with van der Waals surface area (Å²) in [7, 11) is 0. The number of benzene rings is 1. The molecule has 1 aromatic carbocycles. The van der Waals surface area contributed by atoms with E-state index in [9.17, 15) is 9.59 Å². The van der Waals surface area contributed by atoms with E-state index in [0.29, 0.717) is 24.6 Å². The average Bonchev–Trinajstić information content (AvgIpc) is 2.99. The minimum absolute atomic E-state index is 0.0336. The van der Waals surface area contributed by atoms with Crippen molar-refractivity contribution in [2.24, 2.45) is 5.92 Å². The van der Waals surface area contributed by atoms with Crippen LogP contribution in [0.15, 0.2) is 18.2 Å². The van der Waals surface area contributed by atoms with Crippen molar-refractivity contribution < 1.29 is 19.1 Å². The van der Waals surface area contributed by atoms with Crippen LogP contribution in [-0.4, -0.2) is 31.7 Å². The highest BCUT2D eigenvalue weighted by Crippen LogP contribution is 2.35. The zero-order valence-electron chi connectivity index (χ0n) is 13.9. The molecule has 0 atom stereocenters. The van der Waals surface area contributed by atoms with Crippen LogP contribution in [0.2, 0.25) is 0 Å². The minimum Gasteiger partial charge on any atom is -0.454 e. The fraction of sp³-hybridized carbons (Fsp3) is 0.529. The first kappa shape index (κ1) is 17.1. The second kappa shape index (κ2) is 7.85. The maximum absolute atomic E-state index is 12.0. The maximum atomic E-state index is 12.0. The lowest BCUT2D eigenvalue weighted by Gasteiger charge is -2.22. The van der Waals surface area contributed by atoms with Crippen LogP contribution in [0, 0.1) is 5.92 Å². The van der Waals surface area contributed by atoms with E-state index in [4.69, 9.17) is 9.47 Å². The summed E-state index contributed by atoms with van der Waals surface area (Å²) in [6.45, 7) is 6.55. The molecule has 0 saturated carbocycles.